The fourth-order valence-corrected chi connectivity index (χ4v) is 8.51. The summed E-state index contributed by atoms with van der Waals surface area (Å²) in [5.74, 6) is -0.271. The van der Waals surface area contributed by atoms with Gasteiger partial charge < -0.3 is 9.47 Å². The molecular formula is C31H34FN3O4S. The molecule has 4 aromatic rings. The summed E-state index contributed by atoms with van der Waals surface area (Å²) in [6.45, 7) is 3.08. The van der Waals surface area contributed by atoms with E-state index in [4.69, 9.17) is 9.47 Å². The Morgan fingerprint density at radius 1 is 1.07 bits per heavy atom. The van der Waals surface area contributed by atoms with Crippen LogP contribution >= 0.6 is 0 Å². The molecule has 1 aromatic heterocycles. The Balaban J connectivity index is 1.47. The number of halogens is 1. The molecule has 2 heterocycles. The van der Waals surface area contributed by atoms with Crippen LogP contribution in [0, 0.1) is 18.7 Å². The van der Waals surface area contributed by atoms with Crippen LogP contribution in [-0.2, 0) is 30.5 Å². The highest BCUT2D eigenvalue weighted by atomic mass is 32.2. The Morgan fingerprint density at radius 3 is 2.52 bits per heavy atom. The molecule has 40 heavy (non-hydrogen) atoms. The molecular weight excluding hydrogens is 529 g/mol. The number of aryl methyl sites for hydroxylation is 1. The summed E-state index contributed by atoms with van der Waals surface area (Å²) in [5, 5.41) is 5.57. The predicted molar refractivity (Wildman–Crippen MR) is 153 cm³/mol. The Kier molecular flexibility index (Phi) is 6.81. The zero-order valence-corrected chi connectivity index (χ0v) is 23.8. The molecule has 0 bridgehead atoms. The van der Waals surface area contributed by atoms with Gasteiger partial charge in [-0.25, -0.2) is 21.8 Å². The molecule has 1 saturated heterocycles. The van der Waals surface area contributed by atoms with Gasteiger partial charge in [-0.3, -0.25) is 0 Å². The lowest BCUT2D eigenvalue weighted by Crippen LogP contribution is -2.39. The van der Waals surface area contributed by atoms with E-state index in [1.807, 2.05) is 29.1 Å². The highest BCUT2D eigenvalue weighted by molar-refractivity contribution is 7.89. The molecule has 1 aliphatic carbocycles. The second-order valence-corrected chi connectivity index (χ2v) is 13.2. The van der Waals surface area contributed by atoms with Crippen LogP contribution in [0.25, 0.3) is 16.6 Å². The van der Waals surface area contributed by atoms with E-state index < -0.39 is 21.0 Å². The lowest BCUT2D eigenvalue weighted by atomic mass is 9.72. The van der Waals surface area contributed by atoms with Gasteiger partial charge in [0.15, 0.2) is 0 Å². The maximum Gasteiger partial charge on any atom is 0.216 e. The molecule has 6 rings (SSSR count). The van der Waals surface area contributed by atoms with Crippen molar-refractivity contribution < 1.29 is 22.3 Å². The van der Waals surface area contributed by atoms with E-state index in [1.165, 1.54) is 19.2 Å². The normalized spacial score (nSPS) is 25.1. The van der Waals surface area contributed by atoms with E-state index in [-0.39, 0.29) is 24.1 Å². The van der Waals surface area contributed by atoms with E-state index in [9.17, 15) is 12.8 Å². The maximum absolute atomic E-state index is 13.6. The first-order valence-electron chi connectivity index (χ1n) is 13.5. The quantitative estimate of drug-likeness (QED) is 0.303. The van der Waals surface area contributed by atoms with E-state index in [0.717, 1.165) is 39.7 Å². The number of ether oxygens (including phenoxy) is 2. The molecule has 0 amide bonds. The molecule has 0 radical (unpaired) electrons. The van der Waals surface area contributed by atoms with E-state index >= 15 is 0 Å². The number of hydrogen-bond donors (Lipinski definition) is 0. The molecule has 0 N–H and O–H groups in total. The van der Waals surface area contributed by atoms with Gasteiger partial charge in [0.2, 0.25) is 10.0 Å². The van der Waals surface area contributed by atoms with Gasteiger partial charge in [-0.05, 0) is 78.8 Å². The molecule has 9 heteroatoms. The van der Waals surface area contributed by atoms with Crippen molar-refractivity contribution in [1.82, 2.24) is 14.1 Å². The molecule has 3 atom stereocenters. The van der Waals surface area contributed by atoms with Crippen molar-refractivity contribution in [3.8, 4) is 5.69 Å². The minimum Gasteiger partial charge on any atom is -0.384 e. The van der Waals surface area contributed by atoms with Gasteiger partial charge in [0.25, 0.3) is 0 Å². The van der Waals surface area contributed by atoms with Gasteiger partial charge in [0.05, 0.1) is 35.4 Å². The second-order valence-electron chi connectivity index (χ2n) is 11.2. The minimum absolute atomic E-state index is 0.0388. The number of nitrogens with zero attached hydrogens (tertiary/aromatic N) is 3. The van der Waals surface area contributed by atoms with Crippen molar-refractivity contribution in [2.45, 2.75) is 30.8 Å². The molecule has 0 spiro atoms. The van der Waals surface area contributed by atoms with Gasteiger partial charge in [-0.2, -0.15) is 5.10 Å². The topological polar surface area (TPSA) is 73.7 Å². The van der Waals surface area contributed by atoms with Crippen LogP contribution < -0.4 is 0 Å². The predicted octanol–water partition coefficient (Wildman–Crippen LogP) is 4.95. The summed E-state index contributed by atoms with van der Waals surface area (Å²) >= 11 is 0. The van der Waals surface area contributed by atoms with Crippen molar-refractivity contribution in [3.63, 3.8) is 0 Å². The number of hydrogen-bond acceptors (Lipinski definition) is 5. The molecule has 1 saturated carbocycles. The summed E-state index contributed by atoms with van der Waals surface area (Å²) in [5.41, 5.74) is 4.04. The lowest BCUT2D eigenvalue weighted by Gasteiger charge is -2.35. The zero-order valence-electron chi connectivity index (χ0n) is 23.0. The van der Waals surface area contributed by atoms with Gasteiger partial charge in [-0.1, -0.05) is 30.3 Å². The zero-order chi connectivity index (χ0) is 28.1. The molecule has 7 nitrogen and oxygen atoms in total. The van der Waals surface area contributed by atoms with Crippen LogP contribution in [0.3, 0.4) is 0 Å². The van der Waals surface area contributed by atoms with Crippen molar-refractivity contribution in [3.05, 3.63) is 95.4 Å². The van der Waals surface area contributed by atoms with Gasteiger partial charge in [-0.15, -0.1) is 0 Å². The molecule has 210 valence electrons. The highest BCUT2D eigenvalue weighted by Crippen LogP contribution is 2.60. The molecule has 2 fully saturated rings. The number of fused-ring (bicyclic) bond motifs is 2. The van der Waals surface area contributed by atoms with Gasteiger partial charge in [0.1, 0.15) is 5.82 Å². The summed E-state index contributed by atoms with van der Waals surface area (Å²) < 4.78 is 55.2. The molecule has 3 unspecified atom stereocenters. The van der Waals surface area contributed by atoms with Crippen molar-refractivity contribution in [1.29, 1.82) is 0 Å². The largest absolute Gasteiger partial charge is 0.384 e. The third kappa shape index (κ3) is 4.36. The fraction of sp³-hybridized carbons (Fsp3) is 0.387. The monoisotopic (exact) mass is 563 g/mol. The van der Waals surface area contributed by atoms with Crippen LogP contribution in [0.15, 0.2) is 72.9 Å². The number of methoxy groups -OCH3 is 2. The average molecular weight is 564 g/mol. The van der Waals surface area contributed by atoms with Crippen LogP contribution in [0.5, 0.6) is 0 Å². The second kappa shape index (κ2) is 10.1. The number of sulfonamides is 1. The molecule has 2 aliphatic rings. The summed E-state index contributed by atoms with van der Waals surface area (Å²) in [4.78, 5) is 0. The number of benzene rings is 3. The molecule has 3 aromatic carbocycles. The Bertz CT molecular complexity index is 1640. The SMILES string of the molecule is COCCS(=O)(=O)N1CC2CC(OC)(c3ccccc3)CC2(c2cc3cnn(-c4ccc(F)cc4)c3cc2C)C1. The first-order valence-corrected chi connectivity index (χ1v) is 15.1. The summed E-state index contributed by atoms with van der Waals surface area (Å²) in [6, 6.07) is 20.8. The summed E-state index contributed by atoms with van der Waals surface area (Å²) in [6.07, 6.45) is 3.21. The van der Waals surface area contributed by atoms with Crippen molar-refractivity contribution in [2.75, 3.05) is 39.7 Å². The Labute approximate surface area is 234 Å². The van der Waals surface area contributed by atoms with E-state index in [1.54, 1.807) is 23.5 Å². The third-order valence-corrected chi connectivity index (χ3v) is 10.7. The maximum atomic E-state index is 13.6. The fourth-order valence-electron chi connectivity index (χ4n) is 7.04. The van der Waals surface area contributed by atoms with Crippen molar-refractivity contribution >= 4 is 20.9 Å². The van der Waals surface area contributed by atoms with Crippen LogP contribution in [0.1, 0.15) is 29.5 Å². The van der Waals surface area contributed by atoms with E-state index in [2.05, 4.69) is 36.3 Å². The third-order valence-electron chi connectivity index (χ3n) is 8.99. The Morgan fingerprint density at radius 2 is 1.82 bits per heavy atom. The van der Waals surface area contributed by atoms with Gasteiger partial charge in [0, 0.05) is 38.1 Å². The van der Waals surface area contributed by atoms with Crippen molar-refractivity contribution in [2.24, 2.45) is 5.92 Å². The minimum atomic E-state index is -3.49. The first kappa shape index (κ1) is 27.1. The van der Waals surface area contributed by atoms with Crippen LogP contribution in [0.2, 0.25) is 0 Å². The molecule has 1 aliphatic heterocycles. The highest BCUT2D eigenvalue weighted by Gasteiger charge is 2.62. The lowest BCUT2D eigenvalue weighted by molar-refractivity contribution is -0.0183. The van der Waals surface area contributed by atoms with Crippen LogP contribution in [-0.4, -0.2) is 62.2 Å². The Hall–Kier alpha value is -3.11. The van der Waals surface area contributed by atoms with Gasteiger partial charge >= 0.3 is 0 Å². The smallest absolute Gasteiger partial charge is 0.216 e. The first-order chi connectivity index (χ1) is 19.2. The summed E-state index contributed by atoms with van der Waals surface area (Å²) in [7, 11) is -0.207. The average Bonchev–Trinajstić information content (AvgIpc) is 3.62. The van der Waals surface area contributed by atoms with Crippen LogP contribution in [0.4, 0.5) is 4.39 Å². The standard InChI is InChI=1S/C31H34FN3O4S/c1-22-15-29-23(18-33-35(29)27-11-9-26(32)10-12-27)16-28(22)30-20-31(39-3,24-7-5-4-6-8-24)17-25(30)19-34(21-30)40(36,37)14-13-38-2/h4-12,15-16,18,25H,13-14,17,19-21H2,1-3H3. The number of aromatic nitrogens is 2. The number of rotatable bonds is 8. The van der Waals surface area contributed by atoms with E-state index in [0.29, 0.717) is 19.5 Å².